The average Bonchev–Trinajstić information content (AvgIpc) is 2.29. The first-order valence-electron chi connectivity index (χ1n) is 6.08. The fourth-order valence-corrected chi connectivity index (χ4v) is 2.47. The van der Waals surface area contributed by atoms with Gasteiger partial charge in [0.25, 0.3) is 5.91 Å². The first-order chi connectivity index (χ1) is 8.08. The second-order valence-corrected chi connectivity index (χ2v) is 5.40. The lowest BCUT2D eigenvalue weighted by Crippen LogP contribution is -2.39. The number of amides is 1. The highest BCUT2D eigenvalue weighted by molar-refractivity contribution is 6.20. The molecule has 0 radical (unpaired) electrons. The van der Waals surface area contributed by atoms with E-state index in [4.69, 9.17) is 11.6 Å². The van der Waals surface area contributed by atoms with Crippen molar-refractivity contribution in [3.8, 4) is 0 Å². The number of carbonyl (C=O) groups is 1. The Morgan fingerprint density at radius 3 is 2.53 bits per heavy atom. The van der Waals surface area contributed by atoms with Crippen LogP contribution in [-0.4, -0.2) is 29.3 Å². The Morgan fingerprint density at radius 2 is 1.94 bits per heavy atom. The number of halogens is 1. The minimum absolute atomic E-state index is 0.145. The molecule has 1 amide bonds. The van der Waals surface area contributed by atoms with Crippen molar-refractivity contribution in [2.75, 3.05) is 13.1 Å². The Morgan fingerprint density at radius 1 is 1.29 bits per heavy atom. The molecule has 0 unspecified atom stereocenters. The normalized spacial score (nSPS) is 17.2. The second kappa shape index (κ2) is 5.09. The van der Waals surface area contributed by atoms with Gasteiger partial charge in [-0.05, 0) is 38.3 Å². The molecule has 1 aromatic rings. The van der Waals surface area contributed by atoms with Crippen LogP contribution in [0, 0.1) is 13.8 Å². The van der Waals surface area contributed by atoms with Crippen molar-refractivity contribution in [2.24, 2.45) is 0 Å². The van der Waals surface area contributed by atoms with Crippen LogP contribution in [0.3, 0.4) is 0 Å². The number of carbonyl (C=O) groups excluding carboxylic acids is 1. The number of benzene rings is 1. The first kappa shape index (κ1) is 12.4. The number of hydrogen-bond acceptors (Lipinski definition) is 1. The van der Waals surface area contributed by atoms with E-state index in [1.165, 1.54) is 5.56 Å². The topological polar surface area (TPSA) is 20.3 Å². The lowest BCUT2D eigenvalue weighted by molar-refractivity contribution is 0.0726. The van der Waals surface area contributed by atoms with E-state index >= 15 is 0 Å². The largest absolute Gasteiger partial charge is 0.339 e. The van der Waals surface area contributed by atoms with Crippen LogP contribution >= 0.6 is 11.6 Å². The Hall–Kier alpha value is -1.02. The third-order valence-corrected chi connectivity index (χ3v) is 3.76. The molecule has 0 atom stereocenters. The predicted molar refractivity (Wildman–Crippen MR) is 70.7 cm³/mol. The summed E-state index contributed by atoms with van der Waals surface area (Å²) in [5.41, 5.74) is 3.07. The van der Waals surface area contributed by atoms with E-state index in [1.807, 2.05) is 30.9 Å². The van der Waals surface area contributed by atoms with Crippen LogP contribution in [0.5, 0.6) is 0 Å². The van der Waals surface area contributed by atoms with E-state index in [0.29, 0.717) is 0 Å². The molecule has 0 N–H and O–H groups in total. The van der Waals surface area contributed by atoms with E-state index in [2.05, 4.69) is 6.07 Å². The zero-order valence-corrected chi connectivity index (χ0v) is 11.1. The van der Waals surface area contributed by atoms with E-state index in [9.17, 15) is 4.79 Å². The maximum atomic E-state index is 12.3. The van der Waals surface area contributed by atoms with Gasteiger partial charge in [-0.3, -0.25) is 4.79 Å². The van der Waals surface area contributed by atoms with Crippen LogP contribution in [0.2, 0.25) is 0 Å². The summed E-state index contributed by atoms with van der Waals surface area (Å²) in [5.74, 6) is 0.145. The van der Waals surface area contributed by atoms with Crippen LogP contribution in [-0.2, 0) is 0 Å². The van der Waals surface area contributed by atoms with Gasteiger partial charge < -0.3 is 4.90 Å². The summed E-state index contributed by atoms with van der Waals surface area (Å²) in [6.45, 7) is 5.59. The molecule has 2 rings (SSSR count). The predicted octanol–water partition coefficient (Wildman–Crippen LogP) is 3.15. The highest BCUT2D eigenvalue weighted by atomic mass is 35.5. The van der Waals surface area contributed by atoms with Gasteiger partial charge in [-0.2, -0.15) is 0 Å². The van der Waals surface area contributed by atoms with Crippen LogP contribution in [0.4, 0.5) is 0 Å². The van der Waals surface area contributed by atoms with Crippen LogP contribution < -0.4 is 0 Å². The summed E-state index contributed by atoms with van der Waals surface area (Å²) >= 11 is 6.05. The SMILES string of the molecule is Cc1ccc(C(=O)N2CCC(Cl)CC2)c(C)c1. The first-order valence-corrected chi connectivity index (χ1v) is 6.52. The van der Waals surface area contributed by atoms with E-state index < -0.39 is 0 Å². The zero-order valence-electron chi connectivity index (χ0n) is 10.4. The molecule has 3 heteroatoms. The number of likely N-dealkylation sites (tertiary alicyclic amines) is 1. The molecule has 1 heterocycles. The number of nitrogens with zero attached hydrogens (tertiary/aromatic N) is 1. The fourth-order valence-electron chi connectivity index (χ4n) is 2.27. The maximum absolute atomic E-state index is 12.3. The molecule has 0 aliphatic carbocycles. The minimum Gasteiger partial charge on any atom is -0.339 e. The second-order valence-electron chi connectivity index (χ2n) is 4.79. The standard InChI is InChI=1S/C14H18ClNO/c1-10-3-4-13(11(2)9-10)14(17)16-7-5-12(15)6-8-16/h3-4,9,12H,5-8H2,1-2H3. The number of hydrogen-bond donors (Lipinski definition) is 0. The van der Waals surface area contributed by atoms with Crippen molar-refractivity contribution in [1.82, 2.24) is 4.90 Å². The van der Waals surface area contributed by atoms with Crippen LogP contribution in [0.15, 0.2) is 18.2 Å². The molecule has 1 fully saturated rings. The number of piperidine rings is 1. The van der Waals surface area contributed by atoms with Gasteiger partial charge in [-0.25, -0.2) is 0 Å². The summed E-state index contributed by atoms with van der Waals surface area (Å²) in [6.07, 6.45) is 1.80. The van der Waals surface area contributed by atoms with Crippen molar-refractivity contribution >= 4 is 17.5 Å². The summed E-state index contributed by atoms with van der Waals surface area (Å²) in [7, 11) is 0. The van der Waals surface area contributed by atoms with Crippen molar-refractivity contribution < 1.29 is 4.79 Å². The third kappa shape index (κ3) is 2.81. The molecule has 1 aliphatic rings. The van der Waals surface area contributed by atoms with E-state index in [1.54, 1.807) is 0 Å². The molecule has 17 heavy (non-hydrogen) atoms. The minimum atomic E-state index is 0.145. The lowest BCUT2D eigenvalue weighted by Gasteiger charge is -2.29. The van der Waals surface area contributed by atoms with E-state index in [0.717, 1.165) is 37.1 Å². The van der Waals surface area contributed by atoms with E-state index in [-0.39, 0.29) is 11.3 Å². The summed E-state index contributed by atoms with van der Waals surface area (Å²) in [5, 5.41) is 0.234. The van der Waals surface area contributed by atoms with Gasteiger partial charge in [0.05, 0.1) is 0 Å². The average molecular weight is 252 g/mol. The van der Waals surface area contributed by atoms with Crippen LogP contribution in [0.1, 0.15) is 34.3 Å². The van der Waals surface area contributed by atoms with Crippen molar-refractivity contribution in [3.05, 3.63) is 34.9 Å². The third-order valence-electron chi connectivity index (χ3n) is 3.32. The molecule has 0 spiro atoms. The summed E-state index contributed by atoms with van der Waals surface area (Å²) in [6, 6.07) is 5.98. The van der Waals surface area contributed by atoms with Gasteiger partial charge >= 0.3 is 0 Å². The van der Waals surface area contributed by atoms with Crippen molar-refractivity contribution in [2.45, 2.75) is 32.1 Å². The van der Waals surface area contributed by atoms with Gasteiger partial charge in [0.2, 0.25) is 0 Å². The highest BCUT2D eigenvalue weighted by Gasteiger charge is 2.23. The van der Waals surface area contributed by atoms with Crippen LogP contribution in [0.25, 0.3) is 0 Å². The maximum Gasteiger partial charge on any atom is 0.254 e. The molecule has 1 aromatic carbocycles. The number of alkyl halides is 1. The fraction of sp³-hybridized carbons (Fsp3) is 0.500. The van der Waals surface area contributed by atoms with Crippen molar-refractivity contribution in [1.29, 1.82) is 0 Å². The molecule has 0 aromatic heterocycles. The molecule has 0 bridgehead atoms. The molecular weight excluding hydrogens is 234 g/mol. The quantitative estimate of drug-likeness (QED) is 0.703. The van der Waals surface area contributed by atoms with Gasteiger partial charge in [-0.15, -0.1) is 11.6 Å². The molecule has 1 saturated heterocycles. The summed E-state index contributed by atoms with van der Waals surface area (Å²) < 4.78 is 0. The number of rotatable bonds is 1. The Bertz CT molecular complexity index is 422. The molecule has 1 aliphatic heterocycles. The monoisotopic (exact) mass is 251 g/mol. The smallest absolute Gasteiger partial charge is 0.254 e. The molecule has 92 valence electrons. The Labute approximate surface area is 108 Å². The zero-order chi connectivity index (χ0) is 12.4. The molecular formula is C14H18ClNO. The van der Waals surface area contributed by atoms with Gasteiger partial charge in [0, 0.05) is 24.0 Å². The number of aryl methyl sites for hydroxylation is 2. The van der Waals surface area contributed by atoms with Crippen molar-refractivity contribution in [3.63, 3.8) is 0 Å². The Balaban J connectivity index is 2.14. The lowest BCUT2D eigenvalue weighted by atomic mass is 10.0. The Kier molecular flexibility index (Phi) is 3.72. The van der Waals surface area contributed by atoms with Gasteiger partial charge in [0.1, 0.15) is 0 Å². The molecule has 0 saturated carbocycles. The summed E-state index contributed by atoms with van der Waals surface area (Å²) in [4.78, 5) is 14.2. The molecule has 2 nitrogen and oxygen atoms in total. The van der Waals surface area contributed by atoms with Gasteiger partial charge in [0.15, 0.2) is 0 Å². The highest BCUT2D eigenvalue weighted by Crippen LogP contribution is 2.19. The van der Waals surface area contributed by atoms with Gasteiger partial charge in [-0.1, -0.05) is 17.7 Å².